The van der Waals surface area contributed by atoms with Crippen molar-refractivity contribution in [3.8, 4) is 23.1 Å². The molecule has 42 heavy (non-hydrogen) atoms. The first-order chi connectivity index (χ1) is 20.5. The molecule has 0 radical (unpaired) electrons. The minimum Gasteiger partial charge on any atom is -0.493 e. The maximum atomic E-state index is 13.8. The van der Waals surface area contributed by atoms with Crippen molar-refractivity contribution >= 4 is 39.7 Å². The quantitative estimate of drug-likeness (QED) is 0.233. The molecule has 0 aliphatic rings. The fourth-order valence-corrected chi connectivity index (χ4v) is 4.38. The fraction of sp³-hybridized carbons (Fsp3) is 0.0625. The number of fused-ring (bicyclic) bond motifs is 2. The summed E-state index contributed by atoms with van der Waals surface area (Å²) in [6.07, 6.45) is 1.49. The van der Waals surface area contributed by atoms with Gasteiger partial charge in [-0.25, -0.2) is 9.37 Å². The monoisotopic (exact) mass is 562 g/mol. The summed E-state index contributed by atoms with van der Waals surface area (Å²) in [6.45, 7) is -0.364. The molecule has 0 saturated carbocycles. The van der Waals surface area contributed by atoms with Crippen LogP contribution in [0.4, 0.5) is 10.1 Å². The number of hydrogen-bond acceptors (Lipinski definition) is 7. The lowest BCUT2D eigenvalue weighted by atomic mass is 10.2. The minimum atomic E-state index is -0.545. The molecule has 9 nitrogen and oxygen atoms in total. The average Bonchev–Trinajstić information content (AvgIpc) is 3.45. The van der Waals surface area contributed by atoms with E-state index in [1.165, 1.54) is 36.2 Å². The zero-order chi connectivity index (χ0) is 29.1. The number of para-hydroxylation sites is 3. The first-order valence-electron chi connectivity index (χ1n) is 12.9. The Morgan fingerprint density at radius 2 is 1.79 bits per heavy atom. The topological polar surface area (TPSA) is 108 Å². The molecule has 1 N–H and O–H groups in total. The third kappa shape index (κ3) is 5.33. The molecule has 6 aromatic rings. The number of amides is 1. The SMILES string of the molecule is COc1cc(C=Nn2c(-c3cc4ccccc4o3)nc3ccccc3c2=O)ccc1OCC(=O)Nc1ccccc1F. The Bertz CT molecular complexity index is 2000. The molecule has 0 spiro atoms. The minimum absolute atomic E-state index is 0.0602. The second-order valence-electron chi connectivity index (χ2n) is 9.19. The molecule has 4 aromatic carbocycles. The Labute approximate surface area is 238 Å². The summed E-state index contributed by atoms with van der Waals surface area (Å²) in [4.78, 5) is 30.5. The second kappa shape index (κ2) is 11.4. The van der Waals surface area contributed by atoms with Gasteiger partial charge in [0, 0.05) is 5.39 Å². The number of nitrogens with one attached hydrogen (secondary N) is 1. The molecule has 1 amide bonds. The predicted molar refractivity (Wildman–Crippen MR) is 158 cm³/mol. The summed E-state index contributed by atoms with van der Waals surface area (Å²) in [5.41, 5.74) is 1.47. The summed E-state index contributed by atoms with van der Waals surface area (Å²) in [5.74, 6) is 0.195. The van der Waals surface area contributed by atoms with Crippen LogP contribution in [0.3, 0.4) is 0 Å². The summed E-state index contributed by atoms with van der Waals surface area (Å²) in [6, 6.07) is 27.2. The summed E-state index contributed by atoms with van der Waals surface area (Å²) in [7, 11) is 1.46. The number of nitrogens with zero attached hydrogens (tertiary/aromatic N) is 3. The van der Waals surface area contributed by atoms with Gasteiger partial charge in [0.05, 0.1) is 29.9 Å². The number of benzene rings is 4. The predicted octanol–water partition coefficient (Wildman–Crippen LogP) is 5.86. The smallest absolute Gasteiger partial charge is 0.282 e. The molecule has 10 heteroatoms. The van der Waals surface area contributed by atoms with Gasteiger partial charge in [-0.15, -0.1) is 0 Å². The van der Waals surface area contributed by atoms with E-state index in [9.17, 15) is 14.0 Å². The first-order valence-corrected chi connectivity index (χ1v) is 12.9. The van der Waals surface area contributed by atoms with Crippen molar-refractivity contribution in [3.63, 3.8) is 0 Å². The molecule has 0 fully saturated rings. The van der Waals surface area contributed by atoms with Gasteiger partial charge < -0.3 is 19.2 Å². The second-order valence-corrected chi connectivity index (χ2v) is 9.19. The average molecular weight is 563 g/mol. The van der Waals surface area contributed by atoms with Gasteiger partial charge in [-0.05, 0) is 60.2 Å². The molecule has 0 aliphatic heterocycles. The van der Waals surface area contributed by atoms with Gasteiger partial charge >= 0.3 is 0 Å². The Hall–Kier alpha value is -5.77. The summed E-state index contributed by atoms with van der Waals surface area (Å²) < 4.78 is 32.1. The fourth-order valence-electron chi connectivity index (χ4n) is 4.38. The third-order valence-corrected chi connectivity index (χ3v) is 6.42. The molecule has 6 rings (SSSR count). The number of hydrogen-bond donors (Lipinski definition) is 1. The number of rotatable bonds is 8. The third-order valence-electron chi connectivity index (χ3n) is 6.42. The highest BCUT2D eigenvalue weighted by Gasteiger charge is 2.17. The van der Waals surface area contributed by atoms with E-state index in [0.29, 0.717) is 39.3 Å². The van der Waals surface area contributed by atoms with E-state index in [2.05, 4.69) is 15.4 Å². The number of furan rings is 1. The van der Waals surface area contributed by atoms with Crippen molar-refractivity contribution in [3.05, 3.63) is 119 Å². The number of carbonyl (C=O) groups is 1. The Morgan fingerprint density at radius 1 is 1.00 bits per heavy atom. The highest BCUT2D eigenvalue weighted by Crippen LogP contribution is 2.29. The van der Waals surface area contributed by atoms with Crippen LogP contribution in [-0.4, -0.2) is 35.5 Å². The number of carbonyl (C=O) groups excluding carboxylic acids is 1. The van der Waals surface area contributed by atoms with Crippen molar-refractivity contribution < 1.29 is 23.1 Å². The lowest BCUT2D eigenvalue weighted by molar-refractivity contribution is -0.118. The summed E-state index contributed by atoms with van der Waals surface area (Å²) >= 11 is 0. The Balaban J connectivity index is 1.28. The van der Waals surface area contributed by atoms with Gasteiger partial charge in [0.1, 0.15) is 11.4 Å². The molecular formula is C32H23FN4O5. The van der Waals surface area contributed by atoms with E-state index in [-0.39, 0.29) is 23.7 Å². The standard InChI is InChI=1S/C32H23FN4O5/c1-40-28-16-20(14-15-27(28)41-19-30(38)35-25-12-6-4-10-23(25)33)18-34-37-31(29-17-21-8-2-7-13-26(21)42-29)36-24-11-5-3-9-22(24)32(37)39/h2-18H,19H2,1H3,(H,35,38). The van der Waals surface area contributed by atoms with Crippen molar-refractivity contribution in [2.45, 2.75) is 0 Å². The van der Waals surface area contributed by atoms with Gasteiger partial charge in [0.25, 0.3) is 11.5 Å². The number of ether oxygens (including phenoxy) is 2. The van der Waals surface area contributed by atoms with Crippen LogP contribution in [0.5, 0.6) is 11.5 Å². The van der Waals surface area contributed by atoms with Crippen LogP contribution in [-0.2, 0) is 4.79 Å². The molecule has 0 aliphatic carbocycles. The highest BCUT2D eigenvalue weighted by molar-refractivity contribution is 5.92. The number of halogens is 1. The molecule has 208 valence electrons. The van der Waals surface area contributed by atoms with Crippen LogP contribution in [0, 0.1) is 5.82 Å². The lowest BCUT2D eigenvalue weighted by Crippen LogP contribution is -2.21. The maximum Gasteiger partial charge on any atom is 0.282 e. The molecule has 2 aromatic heterocycles. The first kappa shape index (κ1) is 26.5. The number of anilines is 1. The Morgan fingerprint density at radius 3 is 2.62 bits per heavy atom. The van der Waals surface area contributed by atoms with Crippen molar-refractivity contribution in [1.82, 2.24) is 9.66 Å². The maximum absolute atomic E-state index is 13.8. The molecule has 0 unspecified atom stereocenters. The van der Waals surface area contributed by atoms with Gasteiger partial charge in [-0.3, -0.25) is 9.59 Å². The zero-order valence-corrected chi connectivity index (χ0v) is 22.3. The van der Waals surface area contributed by atoms with Crippen molar-refractivity contribution in [2.75, 3.05) is 19.0 Å². The van der Waals surface area contributed by atoms with Crippen LogP contribution in [0.25, 0.3) is 33.5 Å². The van der Waals surface area contributed by atoms with Crippen LogP contribution < -0.4 is 20.3 Å². The summed E-state index contributed by atoms with van der Waals surface area (Å²) in [5, 5.41) is 8.21. The van der Waals surface area contributed by atoms with E-state index in [0.717, 1.165) is 5.39 Å². The van der Waals surface area contributed by atoms with E-state index in [1.807, 2.05) is 36.4 Å². The molecule has 0 atom stereocenters. The van der Waals surface area contributed by atoms with Crippen molar-refractivity contribution in [2.24, 2.45) is 5.10 Å². The van der Waals surface area contributed by atoms with Crippen LogP contribution in [0.2, 0.25) is 0 Å². The van der Waals surface area contributed by atoms with E-state index < -0.39 is 11.7 Å². The molecule has 0 saturated heterocycles. The normalized spacial score (nSPS) is 11.3. The highest BCUT2D eigenvalue weighted by atomic mass is 19.1. The van der Waals surface area contributed by atoms with Gasteiger partial charge in [-0.1, -0.05) is 42.5 Å². The zero-order valence-electron chi connectivity index (χ0n) is 22.3. The molecule has 2 heterocycles. The van der Waals surface area contributed by atoms with Gasteiger partial charge in [-0.2, -0.15) is 9.78 Å². The largest absolute Gasteiger partial charge is 0.493 e. The number of methoxy groups -OCH3 is 1. The Kier molecular flexibility index (Phi) is 7.17. The van der Waals surface area contributed by atoms with Crippen LogP contribution >= 0.6 is 0 Å². The van der Waals surface area contributed by atoms with Crippen molar-refractivity contribution in [1.29, 1.82) is 0 Å². The lowest BCUT2D eigenvalue weighted by Gasteiger charge is -2.12. The van der Waals surface area contributed by atoms with Gasteiger partial charge in [0.2, 0.25) is 5.82 Å². The van der Waals surface area contributed by atoms with E-state index in [4.69, 9.17) is 13.9 Å². The van der Waals surface area contributed by atoms with Crippen LogP contribution in [0.1, 0.15) is 5.56 Å². The molecule has 0 bridgehead atoms. The van der Waals surface area contributed by atoms with E-state index in [1.54, 1.807) is 42.5 Å². The van der Waals surface area contributed by atoms with E-state index >= 15 is 0 Å². The molecular weight excluding hydrogens is 539 g/mol. The van der Waals surface area contributed by atoms with Crippen LogP contribution in [0.15, 0.2) is 111 Å². The number of aromatic nitrogens is 2. The van der Waals surface area contributed by atoms with Gasteiger partial charge in [0.15, 0.2) is 23.9 Å².